The fourth-order valence-corrected chi connectivity index (χ4v) is 3.55. The van der Waals surface area contributed by atoms with Crippen molar-refractivity contribution in [1.82, 2.24) is 0 Å². The molecule has 1 unspecified atom stereocenters. The molecule has 0 saturated heterocycles. The van der Waals surface area contributed by atoms with Crippen molar-refractivity contribution in [3.05, 3.63) is 65.0 Å². The predicted octanol–water partition coefficient (Wildman–Crippen LogP) is 4.56. The molecule has 108 valence electrons. The molecule has 0 fully saturated rings. The first-order valence-electron chi connectivity index (χ1n) is 7.06. The minimum atomic E-state index is -1.02. The highest BCUT2D eigenvalue weighted by molar-refractivity contribution is 7.19. The average Bonchev–Trinajstić information content (AvgIpc) is 2.92. The average molecular weight is 298 g/mol. The Bertz CT molecular complexity index is 726. The maximum Gasteiger partial charge on any atom is 0.121 e. The van der Waals surface area contributed by atoms with Crippen molar-refractivity contribution in [3.8, 4) is 5.75 Å². The summed E-state index contributed by atoms with van der Waals surface area (Å²) in [4.78, 5) is 0.942. The number of hydrogen-bond acceptors (Lipinski definition) is 3. The van der Waals surface area contributed by atoms with Gasteiger partial charge in [-0.1, -0.05) is 30.3 Å². The zero-order valence-electron chi connectivity index (χ0n) is 12.2. The molecule has 0 aliphatic carbocycles. The van der Waals surface area contributed by atoms with Crippen LogP contribution in [0.3, 0.4) is 0 Å². The van der Waals surface area contributed by atoms with E-state index in [0.29, 0.717) is 6.61 Å². The maximum atomic E-state index is 11.0. The summed E-state index contributed by atoms with van der Waals surface area (Å²) in [6.45, 7) is 4.41. The van der Waals surface area contributed by atoms with Gasteiger partial charge in [-0.15, -0.1) is 11.3 Å². The van der Waals surface area contributed by atoms with Crippen LogP contribution in [0.15, 0.2) is 54.6 Å². The fraction of sp³-hybridized carbons (Fsp3) is 0.222. The van der Waals surface area contributed by atoms with E-state index in [9.17, 15) is 5.11 Å². The SMILES string of the molecule is CCOc1cccc(C(C)(O)c2cc3ccccc3s2)c1. The zero-order chi connectivity index (χ0) is 14.9. The van der Waals surface area contributed by atoms with Crippen LogP contribution in [0.25, 0.3) is 10.1 Å². The Balaban J connectivity index is 2.04. The molecule has 1 aromatic heterocycles. The van der Waals surface area contributed by atoms with Crippen molar-refractivity contribution in [1.29, 1.82) is 0 Å². The van der Waals surface area contributed by atoms with Crippen LogP contribution in [0.5, 0.6) is 5.75 Å². The first kappa shape index (κ1) is 14.1. The van der Waals surface area contributed by atoms with Gasteiger partial charge in [0.15, 0.2) is 0 Å². The number of fused-ring (bicyclic) bond motifs is 1. The van der Waals surface area contributed by atoms with E-state index in [1.165, 1.54) is 10.1 Å². The lowest BCUT2D eigenvalue weighted by Crippen LogP contribution is -2.21. The molecule has 0 radical (unpaired) electrons. The first-order chi connectivity index (χ1) is 10.1. The van der Waals surface area contributed by atoms with Crippen molar-refractivity contribution in [3.63, 3.8) is 0 Å². The summed E-state index contributed by atoms with van der Waals surface area (Å²) in [6.07, 6.45) is 0. The molecule has 0 amide bonds. The molecule has 0 spiro atoms. The van der Waals surface area contributed by atoms with E-state index in [-0.39, 0.29) is 0 Å². The fourth-order valence-electron chi connectivity index (χ4n) is 2.42. The molecule has 1 heterocycles. The summed E-state index contributed by atoms with van der Waals surface area (Å²) >= 11 is 1.63. The topological polar surface area (TPSA) is 29.5 Å². The van der Waals surface area contributed by atoms with Crippen LogP contribution >= 0.6 is 11.3 Å². The second-order valence-electron chi connectivity index (χ2n) is 5.18. The summed E-state index contributed by atoms with van der Waals surface area (Å²) < 4.78 is 6.72. The van der Waals surface area contributed by atoms with Gasteiger partial charge in [0, 0.05) is 9.58 Å². The Labute approximate surface area is 128 Å². The summed E-state index contributed by atoms with van der Waals surface area (Å²) in [7, 11) is 0. The zero-order valence-corrected chi connectivity index (χ0v) is 13.0. The van der Waals surface area contributed by atoms with Gasteiger partial charge in [-0.25, -0.2) is 0 Å². The highest BCUT2D eigenvalue weighted by atomic mass is 32.1. The predicted molar refractivity (Wildman–Crippen MR) is 88.1 cm³/mol. The van der Waals surface area contributed by atoms with E-state index < -0.39 is 5.60 Å². The van der Waals surface area contributed by atoms with E-state index in [0.717, 1.165) is 16.2 Å². The van der Waals surface area contributed by atoms with Crippen molar-refractivity contribution in [2.24, 2.45) is 0 Å². The molecule has 0 aliphatic heterocycles. The first-order valence-corrected chi connectivity index (χ1v) is 7.87. The molecule has 1 atom stereocenters. The molecule has 0 saturated carbocycles. The smallest absolute Gasteiger partial charge is 0.121 e. The van der Waals surface area contributed by atoms with Crippen molar-refractivity contribution >= 4 is 21.4 Å². The van der Waals surface area contributed by atoms with Crippen LogP contribution < -0.4 is 4.74 Å². The van der Waals surface area contributed by atoms with Crippen LogP contribution in [0.1, 0.15) is 24.3 Å². The van der Waals surface area contributed by atoms with Gasteiger partial charge in [0.2, 0.25) is 0 Å². The molecule has 0 bridgehead atoms. The van der Waals surface area contributed by atoms with E-state index in [1.54, 1.807) is 11.3 Å². The molecule has 21 heavy (non-hydrogen) atoms. The lowest BCUT2D eigenvalue weighted by molar-refractivity contribution is 0.106. The van der Waals surface area contributed by atoms with Crippen LogP contribution in [0.4, 0.5) is 0 Å². The molecule has 3 rings (SSSR count). The van der Waals surface area contributed by atoms with Crippen molar-refractivity contribution in [2.75, 3.05) is 6.61 Å². The highest BCUT2D eigenvalue weighted by Crippen LogP contribution is 2.38. The molecule has 3 heteroatoms. The summed E-state index contributed by atoms with van der Waals surface area (Å²) in [5.74, 6) is 0.788. The van der Waals surface area contributed by atoms with E-state index in [4.69, 9.17) is 4.74 Å². The molecule has 3 aromatic rings. The van der Waals surface area contributed by atoms with Gasteiger partial charge in [-0.05, 0) is 49.1 Å². The third-order valence-corrected chi connectivity index (χ3v) is 4.94. The molecular formula is C18H18O2S. The van der Waals surface area contributed by atoms with E-state index in [1.807, 2.05) is 50.2 Å². The van der Waals surface area contributed by atoms with Gasteiger partial charge >= 0.3 is 0 Å². The Morgan fingerprint density at radius 1 is 1.10 bits per heavy atom. The van der Waals surface area contributed by atoms with Crippen LogP contribution in [0, 0.1) is 0 Å². The van der Waals surface area contributed by atoms with E-state index >= 15 is 0 Å². The van der Waals surface area contributed by atoms with Crippen LogP contribution in [-0.2, 0) is 5.60 Å². The van der Waals surface area contributed by atoms with Crippen molar-refractivity contribution < 1.29 is 9.84 Å². The minimum absolute atomic E-state index is 0.620. The Kier molecular flexibility index (Phi) is 3.70. The Morgan fingerprint density at radius 2 is 1.90 bits per heavy atom. The largest absolute Gasteiger partial charge is 0.494 e. The van der Waals surface area contributed by atoms with Gasteiger partial charge in [0.1, 0.15) is 11.4 Å². The Morgan fingerprint density at radius 3 is 2.67 bits per heavy atom. The normalized spacial score (nSPS) is 14.0. The standard InChI is InChI=1S/C18H18O2S/c1-3-20-15-9-6-8-14(12-15)18(2,19)17-11-13-7-4-5-10-16(13)21-17/h4-12,19H,3H2,1-2H3. The highest BCUT2D eigenvalue weighted by Gasteiger charge is 2.28. The van der Waals surface area contributed by atoms with Crippen molar-refractivity contribution in [2.45, 2.75) is 19.4 Å². The number of aliphatic hydroxyl groups is 1. The lowest BCUT2D eigenvalue weighted by atomic mass is 9.94. The number of ether oxygens (including phenoxy) is 1. The minimum Gasteiger partial charge on any atom is -0.494 e. The van der Waals surface area contributed by atoms with Gasteiger partial charge in [-0.2, -0.15) is 0 Å². The summed E-state index contributed by atoms with van der Waals surface area (Å²) in [5.41, 5.74) is -0.170. The second kappa shape index (κ2) is 5.51. The third kappa shape index (κ3) is 2.67. The van der Waals surface area contributed by atoms with Crippen LogP contribution in [0.2, 0.25) is 0 Å². The lowest BCUT2D eigenvalue weighted by Gasteiger charge is -2.23. The molecule has 0 aliphatic rings. The van der Waals surface area contributed by atoms with Gasteiger partial charge < -0.3 is 9.84 Å². The van der Waals surface area contributed by atoms with Gasteiger partial charge in [-0.3, -0.25) is 0 Å². The second-order valence-corrected chi connectivity index (χ2v) is 6.27. The molecular weight excluding hydrogens is 280 g/mol. The maximum absolute atomic E-state index is 11.0. The molecule has 2 nitrogen and oxygen atoms in total. The Hall–Kier alpha value is -1.84. The van der Waals surface area contributed by atoms with Crippen LogP contribution in [-0.4, -0.2) is 11.7 Å². The van der Waals surface area contributed by atoms with E-state index in [2.05, 4.69) is 18.2 Å². The summed E-state index contributed by atoms with van der Waals surface area (Å²) in [6, 6.07) is 17.9. The number of rotatable bonds is 4. The monoisotopic (exact) mass is 298 g/mol. The van der Waals surface area contributed by atoms with Gasteiger partial charge in [0.25, 0.3) is 0 Å². The quantitative estimate of drug-likeness (QED) is 0.765. The molecule has 1 N–H and O–H groups in total. The number of hydrogen-bond donors (Lipinski definition) is 1. The number of benzene rings is 2. The summed E-state index contributed by atoms with van der Waals surface area (Å²) in [5, 5.41) is 12.2. The third-order valence-electron chi connectivity index (χ3n) is 3.61. The number of thiophene rings is 1. The van der Waals surface area contributed by atoms with Gasteiger partial charge in [0.05, 0.1) is 6.61 Å². The molecule has 2 aromatic carbocycles.